The Balaban J connectivity index is 2.14. The molecule has 4 rings (SSSR count). The maximum absolute atomic E-state index is 11.8. The summed E-state index contributed by atoms with van der Waals surface area (Å²) in [5, 5.41) is 12.6. The van der Waals surface area contributed by atoms with Crippen LogP contribution in [0.2, 0.25) is 0 Å². The standard InChI is InChI=1S/C19H16O6/c1-22-15-8-12-11-7-18-17(24-3-4-25-18)6-10(11)5-14(19(20)21)13(12)9-16(15)23-2/h5-9H,3-4H2,1-2H3,(H,20,21). The molecule has 1 heterocycles. The molecule has 0 fully saturated rings. The second kappa shape index (κ2) is 5.73. The maximum Gasteiger partial charge on any atom is 0.336 e. The van der Waals surface area contributed by atoms with Gasteiger partial charge in [-0.2, -0.15) is 0 Å². The highest BCUT2D eigenvalue weighted by molar-refractivity contribution is 6.17. The van der Waals surface area contributed by atoms with E-state index < -0.39 is 5.97 Å². The summed E-state index contributed by atoms with van der Waals surface area (Å²) in [6.45, 7) is 0.962. The second-order valence-electron chi connectivity index (χ2n) is 5.70. The third kappa shape index (κ3) is 2.38. The monoisotopic (exact) mass is 340 g/mol. The van der Waals surface area contributed by atoms with Crippen LogP contribution in [-0.2, 0) is 0 Å². The minimum Gasteiger partial charge on any atom is -0.493 e. The number of rotatable bonds is 3. The Morgan fingerprint density at radius 2 is 1.48 bits per heavy atom. The van der Waals surface area contributed by atoms with Gasteiger partial charge in [0.05, 0.1) is 19.8 Å². The van der Waals surface area contributed by atoms with Crippen LogP contribution in [0.15, 0.2) is 30.3 Å². The third-order valence-corrected chi connectivity index (χ3v) is 4.35. The Labute approximate surface area is 143 Å². The molecule has 128 valence electrons. The van der Waals surface area contributed by atoms with Crippen LogP contribution in [-0.4, -0.2) is 38.5 Å². The molecule has 1 aliphatic rings. The molecule has 0 unspecified atom stereocenters. The van der Waals surface area contributed by atoms with E-state index in [-0.39, 0.29) is 5.56 Å². The fourth-order valence-corrected chi connectivity index (χ4v) is 3.19. The predicted molar refractivity (Wildman–Crippen MR) is 92.5 cm³/mol. The lowest BCUT2D eigenvalue weighted by Crippen LogP contribution is -2.15. The van der Waals surface area contributed by atoms with Crippen molar-refractivity contribution >= 4 is 27.5 Å². The Morgan fingerprint density at radius 3 is 2.08 bits per heavy atom. The molecule has 1 N–H and O–H groups in total. The quantitative estimate of drug-likeness (QED) is 0.736. The molecule has 6 nitrogen and oxygen atoms in total. The Morgan fingerprint density at radius 1 is 0.880 bits per heavy atom. The second-order valence-corrected chi connectivity index (χ2v) is 5.70. The lowest BCUT2D eigenvalue weighted by atomic mass is 9.96. The van der Waals surface area contributed by atoms with E-state index in [1.807, 2.05) is 12.1 Å². The van der Waals surface area contributed by atoms with Crippen LogP contribution in [0.25, 0.3) is 21.5 Å². The number of carboxylic acid groups (broad SMARTS) is 1. The number of methoxy groups -OCH3 is 2. The average Bonchev–Trinajstić information content (AvgIpc) is 2.64. The molecule has 25 heavy (non-hydrogen) atoms. The molecule has 0 amide bonds. The van der Waals surface area contributed by atoms with Crippen LogP contribution in [0.1, 0.15) is 10.4 Å². The fraction of sp³-hybridized carbons (Fsp3) is 0.211. The fourth-order valence-electron chi connectivity index (χ4n) is 3.19. The van der Waals surface area contributed by atoms with Crippen molar-refractivity contribution in [2.45, 2.75) is 0 Å². The van der Waals surface area contributed by atoms with E-state index in [9.17, 15) is 9.90 Å². The van der Waals surface area contributed by atoms with Crippen molar-refractivity contribution in [3.63, 3.8) is 0 Å². The smallest absolute Gasteiger partial charge is 0.336 e. The highest BCUT2D eigenvalue weighted by Gasteiger charge is 2.19. The van der Waals surface area contributed by atoms with E-state index in [0.717, 1.165) is 16.2 Å². The van der Waals surface area contributed by atoms with Crippen molar-refractivity contribution < 1.29 is 28.8 Å². The van der Waals surface area contributed by atoms with Crippen LogP contribution >= 0.6 is 0 Å². The molecular weight excluding hydrogens is 324 g/mol. The molecule has 0 aromatic heterocycles. The summed E-state index contributed by atoms with van der Waals surface area (Å²) in [5.74, 6) is 1.28. The zero-order valence-electron chi connectivity index (χ0n) is 13.8. The summed E-state index contributed by atoms with van der Waals surface area (Å²) in [4.78, 5) is 11.8. The zero-order chi connectivity index (χ0) is 17.6. The lowest BCUT2D eigenvalue weighted by molar-refractivity contribution is 0.0699. The predicted octanol–water partition coefficient (Wildman–Crippen LogP) is 3.48. The zero-order valence-corrected chi connectivity index (χ0v) is 13.8. The SMILES string of the molecule is COc1cc2c(C(=O)O)cc3cc4c(cc3c2cc1OC)OCCO4. The number of hydrogen-bond donors (Lipinski definition) is 1. The summed E-state index contributed by atoms with van der Waals surface area (Å²) in [7, 11) is 3.07. The van der Waals surface area contributed by atoms with Gasteiger partial charge in [-0.25, -0.2) is 4.79 Å². The number of carboxylic acids is 1. The van der Waals surface area contributed by atoms with Gasteiger partial charge in [-0.1, -0.05) is 0 Å². The number of ether oxygens (including phenoxy) is 4. The van der Waals surface area contributed by atoms with Gasteiger partial charge in [-0.3, -0.25) is 0 Å². The van der Waals surface area contributed by atoms with E-state index >= 15 is 0 Å². The topological polar surface area (TPSA) is 74.2 Å². The van der Waals surface area contributed by atoms with Gasteiger partial charge in [0, 0.05) is 5.39 Å². The molecule has 0 saturated carbocycles. The van der Waals surface area contributed by atoms with E-state index in [4.69, 9.17) is 18.9 Å². The summed E-state index contributed by atoms with van der Waals surface area (Å²) in [6, 6.07) is 8.81. The molecule has 6 heteroatoms. The van der Waals surface area contributed by atoms with E-state index in [1.54, 1.807) is 25.3 Å². The molecular formula is C19H16O6. The number of aromatic carboxylic acids is 1. The van der Waals surface area contributed by atoms with Crippen molar-refractivity contribution in [2.24, 2.45) is 0 Å². The summed E-state index contributed by atoms with van der Waals surface area (Å²) < 4.78 is 22.0. The molecule has 0 saturated heterocycles. The Bertz CT molecular complexity index is 1010. The van der Waals surface area contributed by atoms with Crippen molar-refractivity contribution in [3.05, 3.63) is 35.9 Å². The minimum atomic E-state index is -1.01. The van der Waals surface area contributed by atoms with Gasteiger partial charge in [0.25, 0.3) is 0 Å². The summed E-state index contributed by atoms with van der Waals surface area (Å²) in [6.07, 6.45) is 0. The van der Waals surface area contributed by atoms with Gasteiger partial charge in [-0.15, -0.1) is 0 Å². The van der Waals surface area contributed by atoms with Gasteiger partial charge in [0.1, 0.15) is 13.2 Å². The van der Waals surface area contributed by atoms with Crippen LogP contribution in [0.5, 0.6) is 23.0 Å². The molecule has 0 atom stereocenters. The van der Waals surface area contributed by atoms with Crippen molar-refractivity contribution in [3.8, 4) is 23.0 Å². The van der Waals surface area contributed by atoms with Crippen LogP contribution in [0.4, 0.5) is 0 Å². The highest BCUT2D eigenvalue weighted by atomic mass is 16.6. The molecule has 0 radical (unpaired) electrons. The lowest BCUT2D eigenvalue weighted by Gasteiger charge is -2.20. The number of fused-ring (bicyclic) bond motifs is 4. The first kappa shape index (κ1) is 15.4. The maximum atomic E-state index is 11.8. The third-order valence-electron chi connectivity index (χ3n) is 4.35. The molecule has 3 aromatic carbocycles. The van der Waals surface area contributed by atoms with Crippen molar-refractivity contribution in [2.75, 3.05) is 27.4 Å². The number of carbonyl (C=O) groups is 1. The van der Waals surface area contributed by atoms with Crippen molar-refractivity contribution in [1.82, 2.24) is 0 Å². The normalized spacial score (nSPS) is 13.0. The van der Waals surface area contributed by atoms with Gasteiger partial charge < -0.3 is 24.1 Å². The Hall–Kier alpha value is -3.15. The number of benzene rings is 3. The van der Waals surface area contributed by atoms with E-state index in [0.29, 0.717) is 41.6 Å². The number of hydrogen-bond acceptors (Lipinski definition) is 5. The average molecular weight is 340 g/mol. The summed E-state index contributed by atoms with van der Waals surface area (Å²) >= 11 is 0. The van der Waals surface area contributed by atoms with E-state index in [1.165, 1.54) is 7.11 Å². The largest absolute Gasteiger partial charge is 0.493 e. The first-order chi connectivity index (χ1) is 12.1. The first-order valence-corrected chi connectivity index (χ1v) is 7.77. The first-order valence-electron chi connectivity index (χ1n) is 7.77. The van der Waals surface area contributed by atoms with Crippen LogP contribution in [0.3, 0.4) is 0 Å². The van der Waals surface area contributed by atoms with Gasteiger partial charge in [0.15, 0.2) is 23.0 Å². The Kier molecular flexibility index (Phi) is 3.53. The molecule has 0 aliphatic carbocycles. The van der Waals surface area contributed by atoms with Crippen LogP contribution in [0, 0.1) is 0 Å². The van der Waals surface area contributed by atoms with Gasteiger partial charge in [0.2, 0.25) is 0 Å². The van der Waals surface area contributed by atoms with Gasteiger partial charge in [-0.05, 0) is 46.5 Å². The van der Waals surface area contributed by atoms with E-state index in [2.05, 4.69) is 0 Å². The molecule has 1 aliphatic heterocycles. The molecule has 0 bridgehead atoms. The molecule has 0 spiro atoms. The van der Waals surface area contributed by atoms with Crippen LogP contribution < -0.4 is 18.9 Å². The van der Waals surface area contributed by atoms with Gasteiger partial charge >= 0.3 is 5.97 Å². The minimum absolute atomic E-state index is 0.195. The highest BCUT2D eigenvalue weighted by Crippen LogP contribution is 2.41. The molecule has 3 aromatic rings. The van der Waals surface area contributed by atoms with Crippen molar-refractivity contribution in [1.29, 1.82) is 0 Å². The summed E-state index contributed by atoms with van der Waals surface area (Å²) in [5.41, 5.74) is 0.195.